The Morgan fingerprint density at radius 1 is 0.962 bits per heavy atom. The predicted octanol–water partition coefficient (Wildman–Crippen LogP) is 4.61. The average Bonchev–Trinajstić information content (AvgIpc) is 2.78. The molecule has 0 bridgehead atoms. The van der Waals surface area contributed by atoms with Crippen LogP contribution in [0.5, 0.6) is 11.5 Å². The molecular formula is C21H16N2O3. The summed E-state index contributed by atoms with van der Waals surface area (Å²) in [6, 6.07) is 19.5. The van der Waals surface area contributed by atoms with Crippen LogP contribution in [-0.4, -0.2) is 11.8 Å². The number of hydrogen-bond acceptors (Lipinski definition) is 3. The number of benzene rings is 3. The van der Waals surface area contributed by atoms with E-state index in [1.165, 1.54) is 0 Å². The molecule has 5 heteroatoms. The first-order valence-electron chi connectivity index (χ1n) is 8.20. The number of ether oxygens (including phenoxy) is 1. The first-order valence-corrected chi connectivity index (χ1v) is 8.20. The third kappa shape index (κ3) is 3.02. The van der Waals surface area contributed by atoms with Crippen LogP contribution < -0.4 is 15.4 Å². The predicted molar refractivity (Wildman–Crippen MR) is 100 cm³/mol. The van der Waals surface area contributed by atoms with Crippen molar-refractivity contribution in [1.29, 1.82) is 0 Å². The summed E-state index contributed by atoms with van der Waals surface area (Å²) in [4.78, 5) is 24.9. The van der Waals surface area contributed by atoms with E-state index < -0.39 is 0 Å². The summed E-state index contributed by atoms with van der Waals surface area (Å²) < 4.78 is 5.83. The number of anilines is 2. The van der Waals surface area contributed by atoms with Crippen molar-refractivity contribution in [3.05, 3.63) is 83.4 Å². The van der Waals surface area contributed by atoms with Gasteiger partial charge >= 0.3 is 0 Å². The van der Waals surface area contributed by atoms with Crippen molar-refractivity contribution in [2.24, 2.45) is 0 Å². The summed E-state index contributed by atoms with van der Waals surface area (Å²) >= 11 is 0. The molecule has 26 heavy (non-hydrogen) atoms. The second kappa shape index (κ2) is 6.37. The summed E-state index contributed by atoms with van der Waals surface area (Å²) in [5.74, 6) is 0.511. The average molecular weight is 344 g/mol. The Balaban J connectivity index is 1.61. The van der Waals surface area contributed by atoms with Crippen LogP contribution in [0.15, 0.2) is 66.7 Å². The molecule has 3 aromatic rings. The Morgan fingerprint density at radius 3 is 2.54 bits per heavy atom. The zero-order chi connectivity index (χ0) is 18.1. The zero-order valence-electron chi connectivity index (χ0n) is 14.1. The normalized spacial score (nSPS) is 12.1. The molecule has 0 aromatic heterocycles. The van der Waals surface area contributed by atoms with Crippen LogP contribution in [0.3, 0.4) is 0 Å². The van der Waals surface area contributed by atoms with Gasteiger partial charge in [-0.05, 0) is 49.4 Å². The molecule has 0 spiro atoms. The lowest BCUT2D eigenvalue weighted by Gasteiger charge is -2.10. The van der Waals surface area contributed by atoms with E-state index in [0.29, 0.717) is 34.0 Å². The number of carbonyl (C=O) groups excluding carboxylic acids is 2. The highest BCUT2D eigenvalue weighted by atomic mass is 16.5. The maximum atomic E-state index is 12.5. The second-order valence-electron chi connectivity index (χ2n) is 6.08. The minimum Gasteiger partial charge on any atom is -0.454 e. The number of carbonyl (C=O) groups is 2. The summed E-state index contributed by atoms with van der Waals surface area (Å²) in [5.41, 5.74) is 3.14. The van der Waals surface area contributed by atoms with Crippen LogP contribution in [-0.2, 0) is 0 Å². The molecule has 1 aliphatic heterocycles. The lowest BCUT2D eigenvalue weighted by atomic mass is 10.1. The maximum absolute atomic E-state index is 12.5. The maximum Gasteiger partial charge on any atom is 0.259 e. The van der Waals surface area contributed by atoms with E-state index in [9.17, 15) is 9.59 Å². The highest BCUT2D eigenvalue weighted by Gasteiger charge is 2.21. The van der Waals surface area contributed by atoms with Gasteiger partial charge in [0, 0.05) is 11.3 Å². The first-order chi connectivity index (χ1) is 12.6. The standard InChI is InChI=1S/C21H16N2O3/c1-13-6-8-14(9-7-13)20(24)22-15-10-11-18-16(12-15)21(25)23-17-4-2-3-5-19(17)26-18/h2-12H,1H3,(H,22,24)(H,23,25). The van der Waals surface area contributed by atoms with Crippen molar-refractivity contribution in [2.75, 3.05) is 10.6 Å². The van der Waals surface area contributed by atoms with E-state index in [0.717, 1.165) is 5.56 Å². The minimum absolute atomic E-state index is 0.233. The lowest BCUT2D eigenvalue weighted by Crippen LogP contribution is -2.14. The number of nitrogens with one attached hydrogen (secondary N) is 2. The van der Waals surface area contributed by atoms with Crippen molar-refractivity contribution in [3.63, 3.8) is 0 Å². The summed E-state index contributed by atoms with van der Waals surface area (Å²) in [6.07, 6.45) is 0. The number of para-hydroxylation sites is 2. The summed E-state index contributed by atoms with van der Waals surface area (Å²) in [6.45, 7) is 1.96. The van der Waals surface area contributed by atoms with Gasteiger partial charge in [0.2, 0.25) is 0 Å². The molecule has 0 atom stereocenters. The SMILES string of the molecule is Cc1ccc(C(=O)Nc2ccc3c(c2)C(=O)Nc2ccccc2O3)cc1. The molecule has 0 saturated carbocycles. The number of hydrogen-bond donors (Lipinski definition) is 2. The van der Waals surface area contributed by atoms with Crippen LogP contribution >= 0.6 is 0 Å². The molecular weight excluding hydrogens is 328 g/mol. The molecule has 0 radical (unpaired) electrons. The van der Waals surface area contributed by atoms with Gasteiger partial charge in [-0.3, -0.25) is 9.59 Å². The van der Waals surface area contributed by atoms with E-state index in [-0.39, 0.29) is 11.8 Å². The van der Waals surface area contributed by atoms with Crippen LogP contribution in [0.4, 0.5) is 11.4 Å². The Labute approximate surface area is 150 Å². The molecule has 1 aliphatic rings. The lowest BCUT2D eigenvalue weighted by molar-refractivity contribution is 0.101. The minimum atomic E-state index is -0.281. The van der Waals surface area contributed by atoms with Crippen LogP contribution in [0.2, 0.25) is 0 Å². The molecule has 2 N–H and O–H groups in total. The van der Waals surface area contributed by atoms with Crippen molar-refractivity contribution >= 4 is 23.2 Å². The fourth-order valence-corrected chi connectivity index (χ4v) is 2.75. The molecule has 4 rings (SSSR count). The molecule has 0 unspecified atom stereocenters. The highest BCUT2D eigenvalue weighted by Crippen LogP contribution is 2.36. The summed E-state index contributed by atoms with van der Waals surface area (Å²) in [5, 5.41) is 5.64. The molecule has 0 saturated heterocycles. The van der Waals surface area contributed by atoms with E-state index in [1.54, 1.807) is 42.5 Å². The van der Waals surface area contributed by atoms with Gasteiger partial charge in [0.15, 0.2) is 5.75 Å². The molecule has 5 nitrogen and oxygen atoms in total. The fourth-order valence-electron chi connectivity index (χ4n) is 2.75. The van der Waals surface area contributed by atoms with Crippen molar-refractivity contribution in [1.82, 2.24) is 0 Å². The van der Waals surface area contributed by atoms with Gasteiger partial charge in [0.25, 0.3) is 11.8 Å². The number of rotatable bonds is 2. The first kappa shape index (κ1) is 15.9. The largest absolute Gasteiger partial charge is 0.454 e. The second-order valence-corrected chi connectivity index (χ2v) is 6.08. The van der Waals surface area contributed by atoms with E-state index in [1.807, 2.05) is 31.2 Å². The van der Waals surface area contributed by atoms with Crippen molar-refractivity contribution < 1.29 is 14.3 Å². The summed E-state index contributed by atoms with van der Waals surface area (Å²) in [7, 11) is 0. The fraction of sp³-hybridized carbons (Fsp3) is 0.0476. The number of aryl methyl sites for hydroxylation is 1. The third-order valence-corrected chi connectivity index (χ3v) is 4.15. The third-order valence-electron chi connectivity index (χ3n) is 4.15. The van der Waals surface area contributed by atoms with E-state index in [4.69, 9.17) is 4.74 Å². The van der Waals surface area contributed by atoms with Gasteiger partial charge in [0.1, 0.15) is 5.75 Å². The smallest absolute Gasteiger partial charge is 0.259 e. The van der Waals surface area contributed by atoms with E-state index >= 15 is 0 Å². The van der Waals surface area contributed by atoms with Crippen LogP contribution in [0.1, 0.15) is 26.3 Å². The van der Waals surface area contributed by atoms with Crippen molar-refractivity contribution in [3.8, 4) is 11.5 Å². The van der Waals surface area contributed by atoms with Crippen LogP contribution in [0, 0.1) is 6.92 Å². The van der Waals surface area contributed by atoms with Gasteiger partial charge in [-0.2, -0.15) is 0 Å². The van der Waals surface area contributed by atoms with Gasteiger partial charge < -0.3 is 15.4 Å². The number of amides is 2. The van der Waals surface area contributed by atoms with Gasteiger partial charge in [-0.1, -0.05) is 29.8 Å². The van der Waals surface area contributed by atoms with Gasteiger partial charge in [0.05, 0.1) is 11.3 Å². The van der Waals surface area contributed by atoms with Crippen molar-refractivity contribution in [2.45, 2.75) is 6.92 Å². The van der Waals surface area contributed by atoms with Gasteiger partial charge in [-0.15, -0.1) is 0 Å². The van der Waals surface area contributed by atoms with Gasteiger partial charge in [-0.25, -0.2) is 0 Å². The Bertz CT molecular complexity index is 1010. The van der Waals surface area contributed by atoms with Crippen LogP contribution in [0.25, 0.3) is 0 Å². The quantitative estimate of drug-likeness (QED) is 0.713. The topological polar surface area (TPSA) is 67.4 Å². The molecule has 1 heterocycles. The Hall–Kier alpha value is -3.60. The zero-order valence-corrected chi connectivity index (χ0v) is 14.1. The Kier molecular flexibility index (Phi) is 3.89. The highest BCUT2D eigenvalue weighted by molar-refractivity contribution is 6.10. The van der Waals surface area contributed by atoms with E-state index in [2.05, 4.69) is 10.6 Å². The molecule has 3 aromatic carbocycles. The molecule has 0 aliphatic carbocycles. The molecule has 128 valence electrons. The Morgan fingerprint density at radius 2 is 1.73 bits per heavy atom. The monoisotopic (exact) mass is 344 g/mol. The molecule has 2 amide bonds. The number of fused-ring (bicyclic) bond motifs is 2. The molecule has 0 fully saturated rings.